The quantitative estimate of drug-likeness (QED) is 0.799. The van der Waals surface area contributed by atoms with Gasteiger partial charge in [0.2, 0.25) is 0 Å². The predicted molar refractivity (Wildman–Crippen MR) is 88.4 cm³/mol. The second-order valence-electron chi connectivity index (χ2n) is 5.46. The number of fused-ring (bicyclic) bond motifs is 1. The number of rotatable bonds is 3. The maximum Gasteiger partial charge on any atom is 0.274 e. The van der Waals surface area contributed by atoms with E-state index in [1.807, 2.05) is 61.7 Å². The van der Waals surface area contributed by atoms with Gasteiger partial charge in [-0.3, -0.25) is 9.20 Å². The predicted octanol–water partition coefficient (Wildman–Crippen LogP) is 3.77. The molecule has 2 heterocycles. The molecule has 22 heavy (non-hydrogen) atoms. The van der Waals surface area contributed by atoms with Gasteiger partial charge in [-0.2, -0.15) is 0 Å². The molecular weight excluding hydrogens is 274 g/mol. The summed E-state index contributed by atoms with van der Waals surface area (Å²) >= 11 is 0. The van der Waals surface area contributed by atoms with Crippen molar-refractivity contribution in [3.63, 3.8) is 0 Å². The van der Waals surface area contributed by atoms with Crippen LogP contribution in [0.15, 0.2) is 42.6 Å². The van der Waals surface area contributed by atoms with Crippen molar-refractivity contribution < 1.29 is 4.79 Å². The van der Waals surface area contributed by atoms with Gasteiger partial charge in [0.25, 0.3) is 5.91 Å². The lowest BCUT2D eigenvalue weighted by Crippen LogP contribution is -2.17. The van der Waals surface area contributed by atoms with Crippen LogP contribution in [0.4, 0.5) is 5.69 Å². The Morgan fingerprint density at radius 2 is 2.05 bits per heavy atom. The van der Waals surface area contributed by atoms with Crippen molar-refractivity contribution >= 4 is 17.2 Å². The summed E-state index contributed by atoms with van der Waals surface area (Å²) in [5.74, 6) is -0.123. The van der Waals surface area contributed by atoms with E-state index in [1.54, 1.807) is 0 Å². The number of amides is 1. The fourth-order valence-corrected chi connectivity index (χ4v) is 2.67. The number of aromatic nitrogens is 2. The molecule has 1 amide bonds. The zero-order chi connectivity index (χ0) is 15.7. The number of imidazole rings is 1. The van der Waals surface area contributed by atoms with Crippen molar-refractivity contribution in [3.05, 3.63) is 65.1 Å². The second kappa shape index (κ2) is 5.64. The monoisotopic (exact) mass is 293 g/mol. The number of aryl methyl sites for hydroxylation is 3. The van der Waals surface area contributed by atoms with Gasteiger partial charge in [-0.25, -0.2) is 4.98 Å². The van der Waals surface area contributed by atoms with Crippen molar-refractivity contribution in [2.45, 2.75) is 27.2 Å². The first-order chi connectivity index (χ1) is 10.6. The first-order valence-electron chi connectivity index (χ1n) is 7.44. The molecule has 0 radical (unpaired) electrons. The third-order valence-electron chi connectivity index (χ3n) is 3.78. The lowest BCUT2D eigenvalue weighted by Gasteiger charge is -2.10. The van der Waals surface area contributed by atoms with Crippen LogP contribution in [-0.4, -0.2) is 15.3 Å². The average molecular weight is 293 g/mol. The van der Waals surface area contributed by atoms with Crippen LogP contribution in [0.5, 0.6) is 0 Å². The highest BCUT2D eigenvalue weighted by atomic mass is 16.2. The van der Waals surface area contributed by atoms with Gasteiger partial charge in [0.15, 0.2) is 0 Å². The maximum absolute atomic E-state index is 12.7. The zero-order valence-corrected chi connectivity index (χ0v) is 13.1. The molecule has 0 unspecified atom stereocenters. The van der Waals surface area contributed by atoms with E-state index in [0.29, 0.717) is 5.69 Å². The molecule has 0 aliphatic heterocycles. The van der Waals surface area contributed by atoms with Crippen LogP contribution in [0.25, 0.3) is 5.65 Å². The van der Waals surface area contributed by atoms with Crippen molar-refractivity contribution in [1.29, 1.82) is 0 Å². The summed E-state index contributed by atoms with van der Waals surface area (Å²) in [6, 6.07) is 11.7. The molecule has 1 N–H and O–H groups in total. The molecule has 0 saturated heterocycles. The van der Waals surface area contributed by atoms with Gasteiger partial charge < -0.3 is 5.32 Å². The van der Waals surface area contributed by atoms with E-state index >= 15 is 0 Å². The number of nitrogens with one attached hydrogen (secondary N) is 1. The highest BCUT2D eigenvalue weighted by molar-refractivity contribution is 6.04. The molecule has 2 aromatic heterocycles. The van der Waals surface area contributed by atoms with Crippen LogP contribution in [0.3, 0.4) is 0 Å². The molecule has 0 saturated carbocycles. The molecule has 1 aromatic carbocycles. The lowest BCUT2D eigenvalue weighted by atomic mass is 10.1. The normalized spacial score (nSPS) is 10.9. The Hall–Kier alpha value is -2.62. The van der Waals surface area contributed by atoms with Crippen molar-refractivity contribution in [3.8, 4) is 0 Å². The lowest BCUT2D eigenvalue weighted by molar-refractivity contribution is 0.102. The number of anilines is 1. The standard InChI is InChI=1S/C18H19N3O/c1-4-14-17(21-10-6-5-7-16(21)19-14)18(22)20-15-9-8-12(2)11-13(15)3/h5-11H,4H2,1-3H3,(H,20,22). The van der Waals surface area contributed by atoms with Gasteiger partial charge in [-0.15, -0.1) is 0 Å². The first kappa shape index (κ1) is 14.3. The highest BCUT2D eigenvalue weighted by Gasteiger charge is 2.18. The Labute approximate surface area is 129 Å². The summed E-state index contributed by atoms with van der Waals surface area (Å²) in [5.41, 5.74) is 5.29. The molecule has 0 aliphatic rings. The molecule has 112 valence electrons. The van der Waals surface area contributed by atoms with Gasteiger partial charge in [-0.1, -0.05) is 30.7 Å². The van der Waals surface area contributed by atoms with E-state index in [9.17, 15) is 4.79 Å². The summed E-state index contributed by atoms with van der Waals surface area (Å²) in [7, 11) is 0. The van der Waals surface area contributed by atoms with Gasteiger partial charge >= 0.3 is 0 Å². The van der Waals surface area contributed by atoms with E-state index in [4.69, 9.17) is 0 Å². The topological polar surface area (TPSA) is 46.4 Å². The molecule has 3 rings (SSSR count). The van der Waals surface area contributed by atoms with Crippen LogP contribution >= 0.6 is 0 Å². The number of nitrogens with zero attached hydrogens (tertiary/aromatic N) is 2. The molecule has 0 fully saturated rings. The smallest absolute Gasteiger partial charge is 0.274 e. The maximum atomic E-state index is 12.7. The average Bonchev–Trinajstić information content (AvgIpc) is 2.88. The molecule has 0 atom stereocenters. The van der Waals surface area contributed by atoms with Crippen LogP contribution < -0.4 is 5.32 Å². The molecule has 0 bridgehead atoms. The largest absolute Gasteiger partial charge is 0.320 e. The minimum atomic E-state index is -0.123. The summed E-state index contributed by atoms with van der Waals surface area (Å²) < 4.78 is 1.84. The molecule has 4 heteroatoms. The number of benzene rings is 1. The van der Waals surface area contributed by atoms with E-state index < -0.39 is 0 Å². The SMILES string of the molecule is CCc1nc2ccccn2c1C(=O)Nc1ccc(C)cc1C. The Morgan fingerprint density at radius 3 is 2.77 bits per heavy atom. The summed E-state index contributed by atoms with van der Waals surface area (Å²) in [4.78, 5) is 17.3. The summed E-state index contributed by atoms with van der Waals surface area (Å²) in [6.07, 6.45) is 2.59. The van der Waals surface area contributed by atoms with E-state index in [1.165, 1.54) is 5.56 Å². The van der Waals surface area contributed by atoms with Crippen molar-refractivity contribution in [1.82, 2.24) is 9.38 Å². The van der Waals surface area contributed by atoms with Crippen LogP contribution in [-0.2, 0) is 6.42 Å². The Kier molecular flexibility index (Phi) is 3.67. The summed E-state index contributed by atoms with van der Waals surface area (Å²) in [5, 5.41) is 3.01. The number of hydrogen-bond donors (Lipinski definition) is 1. The Morgan fingerprint density at radius 1 is 1.23 bits per heavy atom. The molecule has 3 aromatic rings. The number of pyridine rings is 1. The zero-order valence-electron chi connectivity index (χ0n) is 13.1. The number of hydrogen-bond acceptors (Lipinski definition) is 2. The third-order valence-corrected chi connectivity index (χ3v) is 3.78. The van der Waals surface area contributed by atoms with E-state index in [2.05, 4.69) is 16.4 Å². The van der Waals surface area contributed by atoms with E-state index in [-0.39, 0.29) is 5.91 Å². The highest BCUT2D eigenvalue weighted by Crippen LogP contribution is 2.19. The molecule has 4 nitrogen and oxygen atoms in total. The second-order valence-corrected chi connectivity index (χ2v) is 5.46. The fraction of sp³-hybridized carbons (Fsp3) is 0.222. The minimum Gasteiger partial charge on any atom is -0.320 e. The van der Waals surface area contributed by atoms with Gasteiger partial charge in [0.1, 0.15) is 11.3 Å². The Balaban J connectivity index is 2.01. The van der Waals surface area contributed by atoms with Gasteiger partial charge in [-0.05, 0) is 44.0 Å². The first-order valence-corrected chi connectivity index (χ1v) is 7.44. The third kappa shape index (κ3) is 2.48. The van der Waals surface area contributed by atoms with Gasteiger partial charge in [0, 0.05) is 11.9 Å². The fourth-order valence-electron chi connectivity index (χ4n) is 2.67. The minimum absolute atomic E-state index is 0.123. The van der Waals surface area contributed by atoms with Crippen LogP contribution in [0, 0.1) is 13.8 Å². The van der Waals surface area contributed by atoms with Crippen molar-refractivity contribution in [2.24, 2.45) is 0 Å². The number of carbonyl (C=O) groups is 1. The Bertz CT molecular complexity index is 849. The van der Waals surface area contributed by atoms with Crippen LogP contribution in [0.2, 0.25) is 0 Å². The van der Waals surface area contributed by atoms with Gasteiger partial charge in [0.05, 0.1) is 5.69 Å². The molecular formula is C18H19N3O. The van der Waals surface area contributed by atoms with Crippen LogP contribution in [0.1, 0.15) is 34.2 Å². The van der Waals surface area contributed by atoms with E-state index in [0.717, 1.165) is 29.0 Å². The molecule has 0 aliphatic carbocycles. The summed E-state index contributed by atoms with van der Waals surface area (Å²) in [6.45, 7) is 6.05. The molecule has 0 spiro atoms. The van der Waals surface area contributed by atoms with Crippen molar-refractivity contribution in [2.75, 3.05) is 5.32 Å². The number of carbonyl (C=O) groups excluding carboxylic acids is 1.